The summed E-state index contributed by atoms with van der Waals surface area (Å²) in [5, 5.41) is 3.08. The molecule has 0 bridgehead atoms. The first-order valence-electron chi connectivity index (χ1n) is 6.09. The topological polar surface area (TPSA) is 46.9 Å². The minimum absolute atomic E-state index is 0.0352. The van der Waals surface area contributed by atoms with Crippen molar-refractivity contribution in [3.05, 3.63) is 58.4 Å². The summed E-state index contributed by atoms with van der Waals surface area (Å²) in [6.45, 7) is 1.96. The Hall–Kier alpha value is -2.17. The summed E-state index contributed by atoms with van der Waals surface area (Å²) in [4.78, 5) is 15.8. The number of nitrogens with one attached hydrogen (secondary N) is 1. The molecule has 100 valence electrons. The molecule has 0 aliphatic heterocycles. The quantitative estimate of drug-likeness (QED) is 0.915. The molecular formula is C14H16FN3O. The molecule has 0 saturated heterocycles. The van der Waals surface area contributed by atoms with Gasteiger partial charge in [0.1, 0.15) is 5.82 Å². The van der Waals surface area contributed by atoms with Gasteiger partial charge in [0.25, 0.3) is 5.56 Å². The van der Waals surface area contributed by atoms with Crippen LogP contribution in [-0.4, -0.2) is 15.6 Å². The van der Waals surface area contributed by atoms with Gasteiger partial charge in [0, 0.05) is 25.5 Å². The number of halogens is 1. The van der Waals surface area contributed by atoms with Crippen LogP contribution in [0.15, 0.2) is 41.5 Å². The maximum absolute atomic E-state index is 12.8. The van der Waals surface area contributed by atoms with E-state index in [0.717, 1.165) is 5.56 Å². The van der Waals surface area contributed by atoms with Gasteiger partial charge in [-0.15, -0.1) is 0 Å². The first kappa shape index (κ1) is 13.3. The number of anilines is 1. The fraction of sp³-hybridized carbons (Fsp3) is 0.286. The third-order valence-electron chi connectivity index (χ3n) is 2.86. The second kappa shape index (κ2) is 5.65. The highest BCUT2D eigenvalue weighted by Gasteiger charge is 2.08. The molecule has 19 heavy (non-hydrogen) atoms. The van der Waals surface area contributed by atoms with Gasteiger partial charge < -0.3 is 9.88 Å². The van der Waals surface area contributed by atoms with Crippen LogP contribution in [-0.2, 0) is 13.5 Å². The van der Waals surface area contributed by atoms with E-state index in [2.05, 4.69) is 10.3 Å². The molecule has 0 spiro atoms. The second-order valence-corrected chi connectivity index (χ2v) is 4.57. The number of nitrogens with zero attached hydrogens (tertiary/aromatic N) is 2. The van der Waals surface area contributed by atoms with Crippen LogP contribution in [0.4, 0.5) is 10.2 Å². The third kappa shape index (κ3) is 3.40. The normalized spacial score (nSPS) is 12.2. The summed E-state index contributed by atoms with van der Waals surface area (Å²) >= 11 is 0. The van der Waals surface area contributed by atoms with E-state index in [4.69, 9.17) is 0 Å². The standard InChI is InChI=1S/C14H16FN3O/c1-10(9-11-3-5-12(15)6-4-11)17-13-14(19)18(2)8-7-16-13/h3-8,10H,9H2,1-2H3,(H,16,17). The Morgan fingerprint density at radius 1 is 1.37 bits per heavy atom. The smallest absolute Gasteiger partial charge is 0.293 e. The monoisotopic (exact) mass is 261 g/mol. The molecule has 1 unspecified atom stereocenters. The van der Waals surface area contributed by atoms with E-state index >= 15 is 0 Å². The van der Waals surface area contributed by atoms with E-state index in [0.29, 0.717) is 12.2 Å². The highest BCUT2D eigenvalue weighted by molar-refractivity contribution is 5.32. The first-order valence-corrected chi connectivity index (χ1v) is 6.09. The molecule has 1 atom stereocenters. The van der Waals surface area contributed by atoms with E-state index in [1.807, 2.05) is 6.92 Å². The Morgan fingerprint density at radius 3 is 2.74 bits per heavy atom. The summed E-state index contributed by atoms with van der Waals surface area (Å²) in [7, 11) is 1.68. The van der Waals surface area contributed by atoms with E-state index < -0.39 is 0 Å². The Morgan fingerprint density at radius 2 is 2.05 bits per heavy atom. The van der Waals surface area contributed by atoms with Crippen LogP contribution < -0.4 is 10.9 Å². The fourth-order valence-corrected chi connectivity index (χ4v) is 1.86. The zero-order chi connectivity index (χ0) is 13.8. The van der Waals surface area contributed by atoms with Crippen molar-refractivity contribution in [2.24, 2.45) is 7.05 Å². The lowest BCUT2D eigenvalue weighted by Gasteiger charge is -2.14. The molecule has 0 aliphatic carbocycles. The van der Waals surface area contributed by atoms with Crippen molar-refractivity contribution in [3.8, 4) is 0 Å². The van der Waals surface area contributed by atoms with Crippen molar-refractivity contribution in [3.63, 3.8) is 0 Å². The molecule has 0 radical (unpaired) electrons. The van der Waals surface area contributed by atoms with E-state index in [9.17, 15) is 9.18 Å². The predicted octanol–water partition coefficient (Wildman–Crippen LogP) is 1.96. The van der Waals surface area contributed by atoms with Crippen molar-refractivity contribution in [1.82, 2.24) is 9.55 Å². The summed E-state index contributed by atoms with van der Waals surface area (Å²) in [6, 6.07) is 6.38. The minimum atomic E-state index is -0.247. The average Bonchev–Trinajstić information content (AvgIpc) is 2.38. The van der Waals surface area contributed by atoms with Crippen molar-refractivity contribution in [2.75, 3.05) is 5.32 Å². The van der Waals surface area contributed by atoms with Gasteiger partial charge in [-0.3, -0.25) is 4.79 Å². The van der Waals surface area contributed by atoms with Crippen molar-refractivity contribution < 1.29 is 4.39 Å². The highest BCUT2D eigenvalue weighted by Crippen LogP contribution is 2.07. The Bertz CT molecular complexity index is 607. The van der Waals surface area contributed by atoms with E-state index in [-0.39, 0.29) is 17.4 Å². The van der Waals surface area contributed by atoms with Crippen LogP contribution in [0.5, 0.6) is 0 Å². The van der Waals surface area contributed by atoms with Gasteiger partial charge in [-0.05, 0) is 31.0 Å². The second-order valence-electron chi connectivity index (χ2n) is 4.57. The largest absolute Gasteiger partial charge is 0.363 e. The number of benzene rings is 1. The molecule has 0 saturated carbocycles. The summed E-state index contributed by atoms with van der Waals surface area (Å²) < 4.78 is 14.3. The van der Waals surface area contributed by atoms with E-state index in [1.54, 1.807) is 31.6 Å². The molecule has 0 fully saturated rings. The minimum Gasteiger partial charge on any atom is -0.363 e. The van der Waals surface area contributed by atoms with Crippen LogP contribution in [0.25, 0.3) is 0 Å². The molecule has 2 rings (SSSR count). The molecule has 1 aromatic carbocycles. The maximum Gasteiger partial charge on any atom is 0.293 e. The number of aryl methyl sites for hydroxylation is 1. The molecule has 0 aliphatic rings. The van der Waals surface area contributed by atoms with Gasteiger partial charge in [-0.25, -0.2) is 9.37 Å². The van der Waals surface area contributed by atoms with Gasteiger partial charge >= 0.3 is 0 Å². The SMILES string of the molecule is CC(Cc1ccc(F)cc1)Nc1nccn(C)c1=O. The Kier molecular flexibility index (Phi) is 3.94. The summed E-state index contributed by atoms with van der Waals surface area (Å²) in [6.07, 6.45) is 3.88. The van der Waals surface area contributed by atoms with Crippen LogP contribution in [0.1, 0.15) is 12.5 Å². The average molecular weight is 261 g/mol. The van der Waals surface area contributed by atoms with E-state index in [1.165, 1.54) is 16.7 Å². The number of rotatable bonds is 4. The molecule has 0 amide bonds. The lowest BCUT2D eigenvalue weighted by atomic mass is 10.1. The highest BCUT2D eigenvalue weighted by atomic mass is 19.1. The summed E-state index contributed by atoms with van der Waals surface area (Å²) in [5.74, 6) is 0.0857. The van der Waals surface area contributed by atoms with Crippen LogP contribution in [0.3, 0.4) is 0 Å². The van der Waals surface area contributed by atoms with Gasteiger partial charge in [-0.1, -0.05) is 12.1 Å². The van der Waals surface area contributed by atoms with Crippen molar-refractivity contribution in [2.45, 2.75) is 19.4 Å². The molecule has 4 nitrogen and oxygen atoms in total. The van der Waals surface area contributed by atoms with Gasteiger partial charge in [0.2, 0.25) is 0 Å². The van der Waals surface area contributed by atoms with Crippen molar-refractivity contribution in [1.29, 1.82) is 0 Å². The van der Waals surface area contributed by atoms with Gasteiger partial charge in [0.15, 0.2) is 5.82 Å². The molecule has 1 aromatic heterocycles. The molecular weight excluding hydrogens is 245 g/mol. The number of aromatic nitrogens is 2. The number of hydrogen-bond acceptors (Lipinski definition) is 3. The molecule has 1 N–H and O–H groups in total. The van der Waals surface area contributed by atoms with Crippen LogP contribution in [0.2, 0.25) is 0 Å². The number of hydrogen-bond donors (Lipinski definition) is 1. The Labute approximate surface area is 110 Å². The van der Waals surface area contributed by atoms with Crippen LogP contribution in [0, 0.1) is 5.82 Å². The lowest BCUT2D eigenvalue weighted by molar-refractivity contribution is 0.626. The fourth-order valence-electron chi connectivity index (χ4n) is 1.86. The zero-order valence-electron chi connectivity index (χ0n) is 10.9. The maximum atomic E-state index is 12.8. The van der Waals surface area contributed by atoms with Crippen LogP contribution >= 0.6 is 0 Å². The van der Waals surface area contributed by atoms with Crippen molar-refractivity contribution >= 4 is 5.82 Å². The summed E-state index contributed by atoms with van der Waals surface area (Å²) in [5.41, 5.74) is 0.850. The third-order valence-corrected chi connectivity index (χ3v) is 2.86. The Balaban J connectivity index is 2.05. The first-order chi connectivity index (χ1) is 9.06. The predicted molar refractivity (Wildman–Crippen MR) is 72.7 cm³/mol. The lowest BCUT2D eigenvalue weighted by Crippen LogP contribution is -2.27. The van der Waals surface area contributed by atoms with Gasteiger partial charge in [-0.2, -0.15) is 0 Å². The molecule has 2 aromatic rings. The molecule has 1 heterocycles. The molecule has 5 heteroatoms. The van der Waals surface area contributed by atoms with Gasteiger partial charge in [0.05, 0.1) is 0 Å². The zero-order valence-corrected chi connectivity index (χ0v) is 10.9.